The third-order valence-corrected chi connectivity index (χ3v) is 2.83. The molecule has 16 heavy (non-hydrogen) atoms. The van der Waals surface area contributed by atoms with Crippen LogP contribution in [0.25, 0.3) is 0 Å². The quantitative estimate of drug-likeness (QED) is 0.746. The lowest BCUT2D eigenvalue weighted by molar-refractivity contribution is -0.117. The molecule has 0 radical (unpaired) electrons. The highest BCUT2D eigenvalue weighted by Crippen LogP contribution is 2.29. The molecule has 0 aromatic carbocycles. The summed E-state index contributed by atoms with van der Waals surface area (Å²) >= 11 is 5.68. The maximum atomic E-state index is 11.7. The second-order valence-corrected chi connectivity index (χ2v) is 4.18. The Kier molecular flexibility index (Phi) is 2.98. The van der Waals surface area contributed by atoms with Crippen molar-refractivity contribution in [2.45, 2.75) is 6.42 Å². The van der Waals surface area contributed by atoms with Crippen LogP contribution in [-0.4, -0.2) is 29.1 Å². The Morgan fingerprint density at radius 1 is 1.62 bits per heavy atom. The molecule has 2 heterocycles. The maximum absolute atomic E-state index is 11.7. The van der Waals surface area contributed by atoms with Crippen molar-refractivity contribution >= 4 is 29.0 Å². The van der Waals surface area contributed by atoms with E-state index in [1.54, 1.807) is 17.0 Å². The van der Waals surface area contributed by atoms with Gasteiger partial charge in [-0.15, -0.1) is 0 Å². The molecule has 0 spiro atoms. The van der Waals surface area contributed by atoms with E-state index in [1.165, 1.54) is 0 Å². The van der Waals surface area contributed by atoms with Crippen LogP contribution in [0.15, 0.2) is 12.1 Å². The van der Waals surface area contributed by atoms with Crippen LogP contribution in [-0.2, 0) is 4.79 Å². The van der Waals surface area contributed by atoms with Gasteiger partial charge in [-0.3, -0.25) is 4.79 Å². The number of rotatable bonds is 2. The molecule has 0 aliphatic carbocycles. The Morgan fingerprint density at radius 3 is 2.94 bits per heavy atom. The first-order valence-corrected chi connectivity index (χ1v) is 5.33. The van der Waals surface area contributed by atoms with Crippen molar-refractivity contribution in [1.29, 1.82) is 0 Å². The van der Waals surface area contributed by atoms with Crippen molar-refractivity contribution in [2.24, 2.45) is 5.92 Å². The fourth-order valence-corrected chi connectivity index (χ4v) is 1.96. The number of aromatic nitrogens is 1. The number of aliphatic hydroxyl groups is 1. The molecular formula is C10H12ClN3O2. The lowest BCUT2D eigenvalue weighted by atomic mass is 10.1. The van der Waals surface area contributed by atoms with Crippen LogP contribution in [0.2, 0.25) is 5.15 Å². The fourth-order valence-electron chi connectivity index (χ4n) is 1.81. The molecule has 1 atom stereocenters. The smallest absolute Gasteiger partial charge is 0.227 e. The summed E-state index contributed by atoms with van der Waals surface area (Å²) in [4.78, 5) is 17.1. The Hall–Kier alpha value is -1.33. The summed E-state index contributed by atoms with van der Waals surface area (Å²) in [5, 5.41) is 9.31. The molecule has 2 rings (SSSR count). The highest BCUT2D eigenvalue weighted by Gasteiger charge is 2.31. The van der Waals surface area contributed by atoms with Crippen LogP contribution in [0.3, 0.4) is 0 Å². The minimum atomic E-state index is -0.0464. The Bertz CT molecular complexity index is 425. The monoisotopic (exact) mass is 241 g/mol. The molecule has 1 aromatic rings. The maximum Gasteiger partial charge on any atom is 0.227 e. The summed E-state index contributed by atoms with van der Waals surface area (Å²) in [7, 11) is 0. The number of anilines is 2. The summed E-state index contributed by atoms with van der Waals surface area (Å²) in [6, 6.07) is 3.26. The van der Waals surface area contributed by atoms with Crippen LogP contribution in [0.5, 0.6) is 0 Å². The molecule has 0 bridgehead atoms. The molecule has 5 nitrogen and oxygen atoms in total. The van der Waals surface area contributed by atoms with Gasteiger partial charge in [-0.2, -0.15) is 0 Å². The molecule has 1 aromatic heterocycles. The van der Waals surface area contributed by atoms with Gasteiger partial charge in [-0.1, -0.05) is 11.6 Å². The van der Waals surface area contributed by atoms with E-state index < -0.39 is 0 Å². The van der Waals surface area contributed by atoms with Crippen LogP contribution < -0.4 is 10.6 Å². The number of nitrogens with zero attached hydrogens (tertiary/aromatic N) is 2. The van der Waals surface area contributed by atoms with Crippen molar-refractivity contribution in [3.05, 3.63) is 17.3 Å². The minimum absolute atomic E-state index is 0.00314. The van der Waals surface area contributed by atoms with Gasteiger partial charge < -0.3 is 15.7 Å². The van der Waals surface area contributed by atoms with Crippen molar-refractivity contribution in [1.82, 2.24) is 4.98 Å². The van der Waals surface area contributed by atoms with Gasteiger partial charge in [0, 0.05) is 25.5 Å². The number of pyridine rings is 1. The third kappa shape index (κ3) is 1.96. The van der Waals surface area contributed by atoms with Gasteiger partial charge in [0.25, 0.3) is 0 Å². The highest BCUT2D eigenvalue weighted by atomic mass is 35.5. The summed E-state index contributed by atoms with van der Waals surface area (Å²) < 4.78 is 0. The lowest BCUT2D eigenvalue weighted by Gasteiger charge is -2.17. The van der Waals surface area contributed by atoms with Crippen LogP contribution in [0.4, 0.5) is 11.5 Å². The van der Waals surface area contributed by atoms with Crippen LogP contribution >= 0.6 is 11.6 Å². The molecule has 6 heteroatoms. The Labute approximate surface area is 97.8 Å². The minimum Gasteiger partial charge on any atom is -0.396 e. The first kappa shape index (κ1) is 11.2. The second-order valence-electron chi connectivity index (χ2n) is 3.80. The Balaban J connectivity index is 2.28. The summed E-state index contributed by atoms with van der Waals surface area (Å²) in [5.41, 5.74) is 6.26. The number of hydrogen-bond acceptors (Lipinski definition) is 4. The predicted molar refractivity (Wildman–Crippen MR) is 61.2 cm³/mol. The topological polar surface area (TPSA) is 79.4 Å². The van der Waals surface area contributed by atoms with Crippen molar-refractivity contribution in [3.8, 4) is 0 Å². The molecule has 1 unspecified atom stereocenters. The van der Waals surface area contributed by atoms with Gasteiger partial charge in [-0.25, -0.2) is 4.98 Å². The summed E-state index contributed by atoms with van der Waals surface area (Å²) in [6.45, 7) is 0.478. The molecule has 0 saturated carbocycles. The molecule has 1 aliphatic rings. The van der Waals surface area contributed by atoms with E-state index in [0.29, 0.717) is 23.8 Å². The average Bonchev–Trinajstić information content (AvgIpc) is 2.60. The first-order chi connectivity index (χ1) is 7.61. The molecule has 1 aliphatic heterocycles. The normalized spacial score (nSPS) is 20.5. The molecule has 1 amide bonds. The van der Waals surface area contributed by atoms with Gasteiger partial charge in [-0.05, 0) is 12.1 Å². The van der Waals surface area contributed by atoms with Gasteiger partial charge in [0.15, 0.2) is 0 Å². The number of amides is 1. The van der Waals surface area contributed by atoms with Crippen LogP contribution in [0, 0.1) is 5.92 Å². The molecule has 1 saturated heterocycles. The van der Waals surface area contributed by atoms with Crippen molar-refractivity contribution in [2.75, 3.05) is 23.8 Å². The highest BCUT2D eigenvalue weighted by molar-refractivity contribution is 6.29. The van der Waals surface area contributed by atoms with E-state index in [1.807, 2.05) is 0 Å². The number of nitrogens with two attached hydrogens (primary N) is 1. The van der Waals surface area contributed by atoms with E-state index >= 15 is 0 Å². The van der Waals surface area contributed by atoms with E-state index in [4.69, 9.17) is 22.4 Å². The number of carbonyl (C=O) groups excluding carboxylic acids is 1. The number of nitrogen functional groups attached to an aromatic ring is 1. The number of carbonyl (C=O) groups is 1. The van der Waals surface area contributed by atoms with Crippen molar-refractivity contribution < 1.29 is 9.90 Å². The third-order valence-electron chi connectivity index (χ3n) is 2.62. The van der Waals surface area contributed by atoms with Gasteiger partial charge in [0.2, 0.25) is 5.91 Å². The summed E-state index contributed by atoms with van der Waals surface area (Å²) in [6.07, 6.45) is 0.346. The number of aliphatic hydroxyl groups excluding tert-OH is 1. The average molecular weight is 242 g/mol. The fraction of sp³-hybridized carbons (Fsp3) is 0.400. The predicted octanol–water partition coefficient (Wildman–Crippen LogP) is 0.662. The largest absolute Gasteiger partial charge is 0.396 e. The first-order valence-electron chi connectivity index (χ1n) is 4.95. The number of halogens is 1. The molecule has 86 valence electrons. The zero-order valence-corrected chi connectivity index (χ0v) is 9.31. The zero-order valence-electron chi connectivity index (χ0n) is 8.56. The van der Waals surface area contributed by atoms with Gasteiger partial charge in [0.1, 0.15) is 11.0 Å². The van der Waals surface area contributed by atoms with E-state index in [-0.39, 0.29) is 24.2 Å². The molecular weight excluding hydrogens is 230 g/mol. The van der Waals surface area contributed by atoms with Crippen LogP contribution in [0.1, 0.15) is 6.42 Å². The number of hydrogen-bond donors (Lipinski definition) is 2. The van der Waals surface area contributed by atoms with E-state index in [2.05, 4.69) is 4.98 Å². The van der Waals surface area contributed by atoms with Gasteiger partial charge in [0.05, 0.1) is 5.69 Å². The molecule has 1 fully saturated rings. The van der Waals surface area contributed by atoms with Gasteiger partial charge >= 0.3 is 0 Å². The van der Waals surface area contributed by atoms with E-state index in [0.717, 1.165) is 0 Å². The molecule has 3 N–H and O–H groups in total. The van der Waals surface area contributed by atoms with E-state index in [9.17, 15) is 4.79 Å². The lowest BCUT2D eigenvalue weighted by Crippen LogP contribution is -2.26. The van der Waals surface area contributed by atoms with Crippen molar-refractivity contribution in [3.63, 3.8) is 0 Å². The zero-order chi connectivity index (χ0) is 11.7. The Morgan fingerprint density at radius 2 is 2.38 bits per heavy atom. The standard InChI is InChI=1S/C10H12ClN3O2/c11-8-2-1-7(10(12)13-8)14-4-6(5-15)3-9(14)16/h1-2,6,15H,3-5H2,(H2,12,13). The summed E-state index contributed by atoms with van der Waals surface area (Å²) in [5.74, 6) is 0.164. The SMILES string of the molecule is Nc1nc(Cl)ccc1N1CC(CO)CC1=O. The second kappa shape index (κ2) is 4.27.